The van der Waals surface area contributed by atoms with Crippen LogP contribution in [0.3, 0.4) is 0 Å². The Morgan fingerprint density at radius 1 is 1.32 bits per heavy atom. The molecule has 0 radical (unpaired) electrons. The lowest BCUT2D eigenvalue weighted by atomic mass is 10.2. The number of rotatable bonds is 4. The summed E-state index contributed by atoms with van der Waals surface area (Å²) in [6, 6.07) is 5.23. The molecule has 0 saturated heterocycles. The molecule has 2 heterocycles. The Hall–Kier alpha value is -3.23. The first-order chi connectivity index (χ1) is 11.8. The fourth-order valence-corrected chi connectivity index (χ4v) is 2.44. The average molecular weight is 341 g/mol. The number of hydrogen-bond acceptors (Lipinski definition) is 6. The summed E-state index contributed by atoms with van der Waals surface area (Å²) in [5, 5.41) is 10.4. The molecule has 3 aromatic rings. The second-order valence-corrected chi connectivity index (χ2v) is 6.08. The summed E-state index contributed by atoms with van der Waals surface area (Å²) < 4.78 is 2.87. The van der Waals surface area contributed by atoms with Crippen molar-refractivity contribution >= 4 is 34.4 Å². The van der Waals surface area contributed by atoms with Crippen LogP contribution in [-0.2, 0) is 11.3 Å². The molecule has 9 nitrogen and oxygen atoms in total. The zero-order valence-electron chi connectivity index (χ0n) is 14.2. The molecule has 0 bridgehead atoms. The van der Waals surface area contributed by atoms with Crippen LogP contribution >= 0.6 is 0 Å². The molecular formula is C16H19N7O2. The molecule has 130 valence electrons. The lowest BCUT2D eigenvalue weighted by Crippen LogP contribution is -2.19. The van der Waals surface area contributed by atoms with Gasteiger partial charge in [-0.2, -0.15) is 0 Å². The predicted molar refractivity (Wildman–Crippen MR) is 93.0 cm³/mol. The van der Waals surface area contributed by atoms with Gasteiger partial charge in [0, 0.05) is 11.6 Å². The molecule has 3 rings (SSSR count). The maximum Gasteiger partial charge on any atom is 0.254 e. The van der Waals surface area contributed by atoms with E-state index in [9.17, 15) is 9.59 Å². The van der Waals surface area contributed by atoms with Gasteiger partial charge in [-0.3, -0.25) is 14.2 Å². The number of benzene rings is 1. The Morgan fingerprint density at radius 3 is 2.80 bits per heavy atom. The van der Waals surface area contributed by atoms with Gasteiger partial charge in [0.15, 0.2) is 5.82 Å². The van der Waals surface area contributed by atoms with Crippen molar-refractivity contribution in [3.8, 4) is 0 Å². The van der Waals surface area contributed by atoms with Crippen LogP contribution in [-0.4, -0.2) is 36.4 Å². The highest BCUT2D eigenvalue weighted by molar-refractivity contribution is 5.92. The van der Waals surface area contributed by atoms with Gasteiger partial charge in [0.05, 0.1) is 17.2 Å². The first kappa shape index (κ1) is 16.6. The fraction of sp³-hybridized carbons (Fsp3) is 0.312. The molecule has 0 saturated carbocycles. The van der Waals surface area contributed by atoms with Gasteiger partial charge in [-0.25, -0.2) is 9.67 Å². The average Bonchev–Trinajstić information content (AvgIpc) is 3.10. The molecule has 1 aromatic carbocycles. The SMILES string of the molecule is Cc1nc2ccc(N)cc2n1C(=O)Cn1cc(NC(=O)C(C)C)nn1. The summed E-state index contributed by atoms with van der Waals surface area (Å²) in [6.45, 7) is 5.28. The Balaban J connectivity index is 1.81. The second-order valence-electron chi connectivity index (χ2n) is 6.08. The van der Waals surface area contributed by atoms with E-state index in [1.54, 1.807) is 39.0 Å². The molecule has 0 aliphatic heterocycles. The number of aryl methyl sites for hydroxylation is 1. The molecule has 0 unspecified atom stereocenters. The highest BCUT2D eigenvalue weighted by Gasteiger charge is 2.16. The number of aromatic nitrogens is 5. The van der Waals surface area contributed by atoms with Crippen LogP contribution in [0.4, 0.5) is 11.5 Å². The molecule has 1 amide bonds. The summed E-state index contributed by atoms with van der Waals surface area (Å²) in [5.74, 6) is 0.321. The van der Waals surface area contributed by atoms with E-state index in [0.717, 1.165) is 0 Å². The van der Waals surface area contributed by atoms with E-state index in [4.69, 9.17) is 5.73 Å². The number of nitrogens with one attached hydrogen (secondary N) is 1. The minimum Gasteiger partial charge on any atom is -0.399 e. The number of carbonyl (C=O) groups is 2. The molecular weight excluding hydrogens is 322 g/mol. The van der Waals surface area contributed by atoms with Crippen molar-refractivity contribution in [2.45, 2.75) is 27.3 Å². The van der Waals surface area contributed by atoms with E-state index in [0.29, 0.717) is 28.4 Å². The largest absolute Gasteiger partial charge is 0.399 e. The monoisotopic (exact) mass is 341 g/mol. The fourth-order valence-electron chi connectivity index (χ4n) is 2.44. The van der Waals surface area contributed by atoms with E-state index < -0.39 is 0 Å². The Labute approximate surface area is 143 Å². The van der Waals surface area contributed by atoms with Crippen molar-refractivity contribution in [2.24, 2.45) is 5.92 Å². The van der Waals surface area contributed by atoms with E-state index in [-0.39, 0.29) is 24.3 Å². The van der Waals surface area contributed by atoms with E-state index in [2.05, 4.69) is 20.6 Å². The standard InChI is InChI=1S/C16H19N7O2/c1-9(2)16(25)19-14-7-22(21-20-14)8-15(24)23-10(3)18-12-5-4-11(17)6-13(12)23/h4-7,9H,8,17H2,1-3H3,(H,19,25). The summed E-state index contributed by atoms with van der Waals surface area (Å²) in [6.07, 6.45) is 1.51. The third-order valence-corrected chi connectivity index (χ3v) is 3.71. The van der Waals surface area contributed by atoms with Crippen LogP contribution in [0.1, 0.15) is 24.5 Å². The molecule has 0 aliphatic rings. The van der Waals surface area contributed by atoms with Crippen molar-refractivity contribution in [1.29, 1.82) is 0 Å². The van der Waals surface area contributed by atoms with Gasteiger partial charge in [-0.15, -0.1) is 5.10 Å². The summed E-state index contributed by atoms with van der Waals surface area (Å²) in [4.78, 5) is 28.7. The van der Waals surface area contributed by atoms with E-state index >= 15 is 0 Å². The van der Waals surface area contributed by atoms with Crippen LogP contribution < -0.4 is 11.1 Å². The molecule has 0 spiro atoms. The highest BCUT2D eigenvalue weighted by atomic mass is 16.2. The third kappa shape index (κ3) is 3.35. The van der Waals surface area contributed by atoms with E-state index in [1.165, 1.54) is 15.4 Å². The number of anilines is 2. The quantitative estimate of drug-likeness (QED) is 0.693. The summed E-state index contributed by atoms with van der Waals surface area (Å²) in [5.41, 5.74) is 7.71. The van der Waals surface area contributed by atoms with E-state index in [1.807, 2.05) is 0 Å². The first-order valence-corrected chi connectivity index (χ1v) is 7.84. The Morgan fingerprint density at radius 2 is 2.08 bits per heavy atom. The van der Waals surface area contributed by atoms with Crippen molar-refractivity contribution in [3.63, 3.8) is 0 Å². The molecule has 0 aliphatic carbocycles. The van der Waals surface area contributed by atoms with Crippen molar-refractivity contribution in [3.05, 3.63) is 30.2 Å². The van der Waals surface area contributed by atoms with Crippen LogP contribution in [0.15, 0.2) is 24.4 Å². The number of nitrogens with two attached hydrogens (primary N) is 1. The Kier molecular flexibility index (Phi) is 4.22. The van der Waals surface area contributed by atoms with Crippen molar-refractivity contribution in [2.75, 3.05) is 11.1 Å². The van der Waals surface area contributed by atoms with Gasteiger partial charge < -0.3 is 11.1 Å². The normalized spacial score (nSPS) is 11.2. The second kappa shape index (κ2) is 6.34. The lowest BCUT2D eigenvalue weighted by Gasteiger charge is -2.06. The predicted octanol–water partition coefficient (Wildman–Crippen LogP) is 1.45. The molecule has 0 fully saturated rings. The van der Waals surface area contributed by atoms with Crippen molar-refractivity contribution in [1.82, 2.24) is 24.5 Å². The zero-order valence-corrected chi connectivity index (χ0v) is 14.2. The van der Waals surface area contributed by atoms with Gasteiger partial charge in [-0.1, -0.05) is 19.1 Å². The topological polar surface area (TPSA) is 121 Å². The van der Waals surface area contributed by atoms with Crippen LogP contribution in [0.5, 0.6) is 0 Å². The maximum absolute atomic E-state index is 12.7. The zero-order chi connectivity index (χ0) is 18.1. The lowest BCUT2D eigenvalue weighted by molar-refractivity contribution is -0.118. The van der Waals surface area contributed by atoms with Crippen LogP contribution in [0.2, 0.25) is 0 Å². The number of nitrogen functional groups attached to an aromatic ring is 1. The molecule has 9 heteroatoms. The van der Waals surface area contributed by atoms with Gasteiger partial charge >= 0.3 is 0 Å². The summed E-state index contributed by atoms with van der Waals surface area (Å²) >= 11 is 0. The minimum atomic E-state index is -0.225. The van der Waals surface area contributed by atoms with Gasteiger partial charge in [0.2, 0.25) is 5.91 Å². The van der Waals surface area contributed by atoms with Crippen LogP contribution in [0, 0.1) is 12.8 Å². The number of hydrogen-bond donors (Lipinski definition) is 2. The van der Waals surface area contributed by atoms with Gasteiger partial charge in [0.1, 0.15) is 12.4 Å². The van der Waals surface area contributed by atoms with Crippen molar-refractivity contribution < 1.29 is 9.59 Å². The number of amides is 1. The smallest absolute Gasteiger partial charge is 0.254 e. The van der Waals surface area contributed by atoms with Gasteiger partial charge in [-0.05, 0) is 25.1 Å². The molecule has 3 N–H and O–H groups in total. The molecule has 0 atom stereocenters. The number of imidazole rings is 1. The highest BCUT2D eigenvalue weighted by Crippen LogP contribution is 2.19. The van der Waals surface area contributed by atoms with Gasteiger partial charge in [0.25, 0.3) is 5.91 Å². The first-order valence-electron chi connectivity index (χ1n) is 7.84. The minimum absolute atomic E-state index is 0.0361. The molecule has 25 heavy (non-hydrogen) atoms. The summed E-state index contributed by atoms with van der Waals surface area (Å²) in [7, 11) is 0. The van der Waals surface area contributed by atoms with Crippen LogP contribution in [0.25, 0.3) is 11.0 Å². The Bertz CT molecular complexity index is 955. The number of carbonyl (C=O) groups excluding carboxylic acids is 2. The maximum atomic E-state index is 12.7. The molecule has 2 aromatic heterocycles. The third-order valence-electron chi connectivity index (χ3n) is 3.71. The number of nitrogens with zero attached hydrogens (tertiary/aromatic N) is 5. The number of fused-ring (bicyclic) bond motifs is 1.